The number of benzene rings is 1. The Balaban J connectivity index is 1.78. The fourth-order valence-electron chi connectivity index (χ4n) is 2.17. The van der Waals surface area contributed by atoms with Crippen LogP contribution in [0.3, 0.4) is 0 Å². The summed E-state index contributed by atoms with van der Waals surface area (Å²) in [6.45, 7) is 6.35. The molecular weight excluding hydrogens is 334 g/mol. The van der Waals surface area contributed by atoms with E-state index in [0.717, 1.165) is 18.6 Å². The number of carbonyl (C=O) groups is 1. The average Bonchev–Trinajstić information content (AvgIpc) is 2.67. The van der Waals surface area contributed by atoms with Gasteiger partial charge in [0.2, 0.25) is 0 Å². The molecule has 0 saturated carbocycles. The predicted molar refractivity (Wildman–Crippen MR) is 101 cm³/mol. The monoisotopic (exact) mass is 367 g/mol. The van der Waals surface area contributed by atoms with E-state index in [1.807, 2.05) is 30.3 Å². The highest BCUT2D eigenvalue weighted by molar-refractivity contribution is 5.67. The minimum atomic E-state index is -0.440. The third-order valence-electron chi connectivity index (χ3n) is 3.61. The van der Waals surface area contributed by atoms with Crippen molar-refractivity contribution in [2.24, 2.45) is 0 Å². The van der Waals surface area contributed by atoms with Gasteiger partial charge in [0.25, 0.3) is 0 Å². The van der Waals surface area contributed by atoms with E-state index in [2.05, 4.69) is 12.2 Å². The normalized spacial score (nSPS) is 10.7. The van der Waals surface area contributed by atoms with Gasteiger partial charge in [0.05, 0.1) is 33.0 Å². The first-order valence-electron chi connectivity index (χ1n) is 9.50. The number of amides is 1. The molecule has 0 unspecified atom stereocenters. The van der Waals surface area contributed by atoms with Crippen LogP contribution in [0.25, 0.3) is 0 Å². The Bertz CT molecular complexity index is 441. The quantitative estimate of drug-likeness (QED) is 0.453. The van der Waals surface area contributed by atoms with E-state index in [-0.39, 0.29) is 6.61 Å². The molecule has 26 heavy (non-hydrogen) atoms. The van der Waals surface area contributed by atoms with E-state index in [9.17, 15) is 4.79 Å². The standard InChI is InChI=1S/C20H33NO5/c1-2-3-4-8-12-23-14-16-25-17-15-24-13-11-21-20(22)26-18-19-9-6-5-7-10-19/h5-7,9-10H,2-4,8,11-18H2,1H3,(H,21,22). The van der Waals surface area contributed by atoms with E-state index in [1.54, 1.807) is 0 Å². The van der Waals surface area contributed by atoms with Crippen LogP contribution in [-0.4, -0.2) is 52.3 Å². The van der Waals surface area contributed by atoms with Crippen molar-refractivity contribution in [3.8, 4) is 0 Å². The van der Waals surface area contributed by atoms with Crippen LogP contribution >= 0.6 is 0 Å². The number of carbonyl (C=O) groups excluding carboxylic acids is 1. The number of ether oxygens (including phenoxy) is 4. The lowest BCUT2D eigenvalue weighted by atomic mass is 10.2. The summed E-state index contributed by atoms with van der Waals surface area (Å²) in [6.07, 6.45) is 4.44. The predicted octanol–water partition coefficient (Wildman–Crippen LogP) is 3.54. The fourth-order valence-corrected chi connectivity index (χ4v) is 2.17. The van der Waals surface area contributed by atoms with E-state index < -0.39 is 6.09 Å². The molecular formula is C20H33NO5. The molecule has 0 bridgehead atoms. The maximum atomic E-state index is 11.5. The van der Waals surface area contributed by atoms with Gasteiger partial charge in [-0.15, -0.1) is 0 Å². The Morgan fingerprint density at radius 2 is 1.50 bits per heavy atom. The lowest BCUT2D eigenvalue weighted by Gasteiger charge is -2.08. The second kappa shape index (κ2) is 16.8. The highest BCUT2D eigenvalue weighted by Crippen LogP contribution is 2.00. The largest absolute Gasteiger partial charge is 0.445 e. The molecule has 148 valence electrons. The van der Waals surface area contributed by atoms with Crippen molar-refractivity contribution in [2.45, 2.75) is 39.2 Å². The first kappa shape index (κ1) is 22.4. The van der Waals surface area contributed by atoms with Gasteiger partial charge in [-0.1, -0.05) is 56.5 Å². The molecule has 0 saturated heterocycles. The van der Waals surface area contributed by atoms with Crippen LogP contribution < -0.4 is 5.32 Å². The Morgan fingerprint density at radius 3 is 2.19 bits per heavy atom. The number of alkyl carbamates (subject to hydrolysis) is 1. The molecule has 0 aromatic heterocycles. The second-order valence-electron chi connectivity index (χ2n) is 5.89. The molecule has 0 aliphatic heterocycles. The zero-order valence-electron chi connectivity index (χ0n) is 15.9. The van der Waals surface area contributed by atoms with Crippen molar-refractivity contribution in [1.82, 2.24) is 5.32 Å². The number of hydrogen-bond donors (Lipinski definition) is 1. The second-order valence-corrected chi connectivity index (χ2v) is 5.89. The molecule has 1 aromatic rings. The van der Waals surface area contributed by atoms with Crippen molar-refractivity contribution >= 4 is 6.09 Å². The van der Waals surface area contributed by atoms with Gasteiger partial charge >= 0.3 is 6.09 Å². The summed E-state index contributed by atoms with van der Waals surface area (Å²) in [5.74, 6) is 0. The highest BCUT2D eigenvalue weighted by Gasteiger charge is 2.01. The third kappa shape index (κ3) is 13.6. The minimum Gasteiger partial charge on any atom is -0.445 e. The maximum Gasteiger partial charge on any atom is 0.407 e. The average molecular weight is 367 g/mol. The van der Waals surface area contributed by atoms with Crippen molar-refractivity contribution < 1.29 is 23.7 Å². The summed E-state index contributed by atoms with van der Waals surface area (Å²) in [7, 11) is 0. The van der Waals surface area contributed by atoms with Crippen LogP contribution in [0.2, 0.25) is 0 Å². The molecule has 0 heterocycles. The van der Waals surface area contributed by atoms with E-state index >= 15 is 0 Å². The zero-order valence-corrected chi connectivity index (χ0v) is 15.9. The molecule has 0 atom stereocenters. The Kier molecular flexibility index (Phi) is 14.5. The number of rotatable bonds is 16. The van der Waals surface area contributed by atoms with Crippen molar-refractivity contribution in [3.63, 3.8) is 0 Å². The summed E-state index contributed by atoms with van der Waals surface area (Å²) < 4.78 is 21.4. The summed E-state index contributed by atoms with van der Waals surface area (Å²) in [5, 5.41) is 2.65. The number of unbranched alkanes of at least 4 members (excludes halogenated alkanes) is 3. The molecule has 1 aromatic carbocycles. The topological polar surface area (TPSA) is 66.0 Å². The van der Waals surface area contributed by atoms with Crippen LogP contribution in [0.15, 0.2) is 30.3 Å². The van der Waals surface area contributed by atoms with Gasteiger partial charge in [-0.05, 0) is 12.0 Å². The van der Waals surface area contributed by atoms with E-state index in [0.29, 0.717) is 39.6 Å². The highest BCUT2D eigenvalue weighted by atomic mass is 16.6. The maximum absolute atomic E-state index is 11.5. The molecule has 1 rings (SSSR count). The van der Waals surface area contributed by atoms with Gasteiger partial charge in [-0.3, -0.25) is 0 Å². The number of nitrogens with one attached hydrogen (secondary N) is 1. The van der Waals surface area contributed by atoms with Crippen LogP contribution in [0.5, 0.6) is 0 Å². The summed E-state index contributed by atoms with van der Waals surface area (Å²) in [6, 6.07) is 9.56. The Labute approximate surface area is 157 Å². The van der Waals surface area contributed by atoms with Gasteiger partial charge in [0.15, 0.2) is 0 Å². The first-order valence-corrected chi connectivity index (χ1v) is 9.50. The summed E-state index contributed by atoms with van der Waals surface area (Å²) in [4.78, 5) is 11.5. The third-order valence-corrected chi connectivity index (χ3v) is 3.61. The Hall–Kier alpha value is -1.63. The van der Waals surface area contributed by atoms with Crippen LogP contribution in [0.1, 0.15) is 38.2 Å². The number of hydrogen-bond acceptors (Lipinski definition) is 5. The van der Waals surface area contributed by atoms with Gasteiger partial charge in [0.1, 0.15) is 6.61 Å². The molecule has 0 aliphatic carbocycles. The molecule has 0 fully saturated rings. The SMILES string of the molecule is CCCCCCOCCOCCOCCNC(=O)OCc1ccccc1. The minimum absolute atomic E-state index is 0.266. The summed E-state index contributed by atoms with van der Waals surface area (Å²) in [5.41, 5.74) is 0.959. The zero-order chi connectivity index (χ0) is 18.7. The lowest BCUT2D eigenvalue weighted by molar-refractivity contribution is 0.0143. The van der Waals surface area contributed by atoms with Gasteiger partial charge in [-0.2, -0.15) is 0 Å². The van der Waals surface area contributed by atoms with Crippen LogP contribution in [0.4, 0.5) is 4.79 Å². The molecule has 6 heteroatoms. The fraction of sp³-hybridized carbons (Fsp3) is 0.650. The van der Waals surface area contributed by atoms with Gasteiger partial charge in [0, 0.05) is 13.2 Å². The van der Waals surface area contributed by atoms with Gasteiger partial charge < -0.3 is 24.3 Å². The van der Waals surface area contributed by atoms with Gasteiger partial charge in [-0.25, -0.2) is 4.79 Å². The summed E-state index contributed by atoms with van der Waals surface area (Å²) >= 11 is 0. The van der Waals surface area contributed by atoms with Crippen molar-refractivity contribution in [2.75, 3.05) is 46.2 Å². The molecule has 1 amide bonds. The molecule has 0 radical (unpaired) electrons. The van der Waals surface area contributed by atoms with E-state index in [4.69, 9.17) is 18.9 Å². The molecule has 0 spiro atoms. The van der Waals surface area contributed by atoms with Crippen LogP contribution in [-0.2, 0) is 25.6 Å². The van der Waals surface area contributed by atoms with Crippen molar-refractivity contribution in [1.29, 1.82) is 0 Å². The smallest absolute Gasteiger partial charge is 0.407 e. The molecule has 0 aliphatic rings. The lowest BCUT2D eigenvalue weighted by Crippen LogP contribution is -2.28. The first-order chi connectivity index (χ1) is 12.8. The van der Waals surface area contributed by atoms with Crippen molar-refractivity contribution in [3.05, 3.63) is 35.9 Å². The van der Waals surface area contributed by atoms with E-state index in [1.165, 1.54) is 19.3 Å². The molecule has 1 N–H and O–H groups in total. The van der Waals surface area contributed by atoms with Crippen LogP contribution in [0, 0.1) is 0 Å². The Morgan fingerprint density at radius 1 is 0.846 bits per heavy atom. The molecule has 6 nitrogen and oxygen atoms in total.